The molecule has 1 aromatic rings. The number of hydrogen-bond acceptors (Lipinski definition) is 5. The summed E-state index contributed by atoms with van der Waals surface area (Å²) in [6.45, 7) is -2.96. The molecule has 1 amide bonds. The summed E-state index contributed by atoms with van der Waals surface area (Å²) in [5.41, 5.74) is 2.55. The minimum Gasteiger partial charge on any atom is -0.434 e. The molecule has 0 radical (unpaired) electrons. The van der Waals surface area contributed by atoms with Crippen LogP contribution in [0.2, 0.25) is 0 Å². The van der Waals surface area contributed by atoms with Crippen LogP contribution in [0.5, 0.6) is 5.75 Å². The number of ether oxygens (including phenoxy) is 1. The molecule has 126 valence electrons. The van der Waals surface area contributed by atoms with Crippen LogP contribution in [0.4, 0.5) is 8.78 Å². The van der Waals surface area contributed by atoms with Gasteiger partial charge in [0.05, 0.1) is 17.7 Å². The molecule has 0 spiro atoms. The summed E-state index contributed by atoms with van der Waals surface area (Å²) in [4.78, 5) is 11.7. The van der Waals surface area contributed by atoms with Crippen LogP contribution < -0.4 is 10.2 Å². The monoisotopic (exact) mass is 346 g/mol. The maximum atomic E-state index is 12.3. The van der Waals surface area contributed by atoms with Gasteiger partial charge in [0.15, 0.2) is 9.84 Å². The molecular weight excluding hydrogens is 330 g/mol. The van der Waals surface area contributed by atoms with Gasteiger partial charge in [-0.15, -0.1) is 0 Å². The molecule has 1 aliphatic rings. The largest absolute Gasteiger partial charge is 0.434 e. The fraction of sp³-hybridized carbons (Fsp3) is 0.429. The average molecular weight is 346 g/mol. The van der Waals surface area contributed by atoms with E-state index < -0.39 is 22.4 Å². The van der Waals surface area contributed by atoms with Crippen LogP contribution in [0.3, 0.4) is 0 Å². The Morgan fingerprint density at radius 3 is 2.83 bits per heavy atom. The molecule has 0 bridgehead atoms. The van der Waals surface area contributed by atoms with E-state index in [0.29, 0.717) is 6.42 Å². The molecule has 6 nitrogen and oxygen atoms in total. The SMILES string of the molecule is O=C(C[C@H]1CCS(=O)(=O)C1)N/N=C\c1ccccc1OC(F)F. The van der Waals surface area contributed by atoms with Crippen LogP contribution >= 0.6 is 0 Å². The first kappa shape index (κ1) is 17.3. The lowest BCUT2D eigenvalue weighted by molar-refractivity contribution is -0.121. The van der Waals surface area contributed by atoms with Crippen LogP contribution in [-0.4, -0.2) is 38.7 Å². The molecule has 0 unspecified atom stereocenters. The number of carbonyl (C=O) groups is 1. The van der Waals surface area contributed by atoms with Crippen molar-refractivity contribution < 1.29 is 26.7 Å². The van der Waals surface area contributed by atoms with Gasteiger partial charge >= 0.3 is 6.61 Å². The Morgan fingerprint density at radius 2 is 2.17 bits per heavy atom. The number of sulfone groups is 1. The smallest absolute Gasteiger partial charge is 0.387 e. The number of rotatable bonds is 6. The number of carbonyl (C=O) groups excluding carboxylic acids is 1. The zero-order valence-electron chi connectivity index (χ0n) is 12.1. The zero-order chi connectivity index (χ0) is 16.9. The summed E-state index contributed by atoms with van der Waals surface area (Å²) >= 11 is 0. The lowest BCUT2D eigenvalue weighted by Gasteiger charge is -2.07. The molecule has 0 aliphatic carbocycles. The second-order valence-electron chi connectivity index (χ2n) is 5.18. The molecule has 1 N–H and O–H groups in total. The van der Waals surface area contributed by atoms with Gasteiger partial charge in [0, 0.05) is 12.0 Å². The standard InChI is InChI=1S/C14H16F2N2O4S/c15-14(16)22-12-4-2-1-3-11(12)8-17-18-13(19)7-10-5-6-23(20,21)9-10/h1-4,8,10,14H,5-7,9H2,(H,18,19)/b17-8-/t10-/m1/s1. The summed E-state index contributed by atoms with van der Waals surface area (Å²) in [7, 11) is -3.03. The van der Waals surface area contributed by atoms with Gasteiger partial charge in [-0.1, -0.05) is 12.1 Å². The number of para-hydroxylation sites is 1. The summed E-state index contributed by atoms with van der Waals surface area (Å²) in [6, 6.07) is 6.02. The maximum Gasteiger partial charge on any atom is 0.387 e. The fourth-order valence-electron chi connectivity index (χ4n) is 2.31. The predicted molar refractivity (Wildman–Crippen MR) is 80.2 cm³/mol. The number of halogens is 2. The van der Waals surface area contributed by atoms with Crippen LogP contribution in [0.15, 0.2) is 29.4 Å². The van der Waals surface area contributed by atoms with Gasteiger partial charge in [-0.25, -0.2) is 13.8 Å². The Morgan fingerprint density at radius 1 is 1.43 bits per heavy atom. The van der Waals surface area contributed by atoms with E-state index in [1.54, 1.807) is 6.07 Å². The third kappa shape index (κ3) is 5.59. The van der Waals surface area contributed by atoms with Gasteiger partial charge in [-0.3, -0.25) is 4.79 Å². The number of amides is 1. The minimum absolute atomic E-state index is 0.00912. The van der Waals surface area contributed by atoms with E-state index >= 15 is 0 Å². The van der Waals surface area contributed by atoms with Crippen LogP contribution in [0.25, 0.3) is 0 Å². The second kappa shape index (κ2) is 7.49. The third-order valence-electron chi connectivity index (χ3n) is 3.33. The van der Waals surface area contributed by atoms with Crippen molar-refractivity contribution in [3.8, 4) is 5.75 Å². The second-order valence-corrected chi connectivity index (χ2v) is 7.41. The third-order valence-corrected chi connectivity index (χ3v) is 5.17. The van der Waals surface area contributed by atoms with Crippen molar-refractivity contribution in [2.75, 3.05) is 11.5 Å². The number of nitrogens with zero attached hydrogens (tertiary/aromatic N) is 1. The Bertz CT molecular complexity index is 692. The van der Waals surface area contributed by atoms with E-state index in [0.717, 1.165) is 0 Å². The lowest BCUT2D eigenvalue weighted by atomic mass is 10.1. The normalized spacial score (nSPS) is 20.0. The molecule has 1 aliphatic heterocycles. The van der Waals surface area contributed by atoms with Crippen molar-refractivity contribution in [3.05, 3.63) is 29.8 Å². The molecule has 1 saturated heterocycles. The fourth-order valence-corrected chi connectivity index (χ4v) is 4.17. The topological polar surface area (TPSA) is 84.8 Å². The van der Waals surface area contributed by atoms with Crippen molar-refractivity contribution >= 4 is 22.0 Å². The molecule has 0 aromatic heterocycles. The van der Waals surface area contributed by atoms with E-state index in [1.807, 2.05) is 0 Å². The number of hydrogen-bond donors (Lipinski definition) is 1. The first-order valence-corrected chi connectivity index (χ1v) is 8.74. The molecule has 1 aromatic carbocycles. The molecule has 0 saturated carbocycles. The molecule has 1 atom stereocenters. The minimum atomic E-state index is -3.03. The van der Waals surface area contributed by atoms with E-state index in [9.17, 15) is 22.0 Å². The molecular formula is C14H16F2N2O4S. The summed E-state index contributed by atoms with van der Waals surface area (Å²) in [6.07, 6.45) is 1.72. The van der Waals surface area contributed by atoms with Gasteiger partial charge < -0.3 is 4.74 Å². The van der Waals surface area contributed by atoms with Crippen LogP contribution in [0, 0.1) is 5.92 Å². The van der Waals surface area contributed by atoms with Gasteiger partial charge in [0.2, 0.25) is 5.91 Å². The van der Waals surface area contributed by atoms with E-state index in [4.69, 9.17) is 0 Å². The van der Waals surface area contributed by atoms with E-state index in [-0.39, 0.29) is 35.2 Å². The van der Waals surface area contributed by atoms with Gasteiger partial charge in [-0.05, 0) is 24.5 Å². The van der Waals surface area contributed by atoms with E-state index in [2.05, 4.69) is 15.3 Å². The van der Waals surface area contributed by atoms with Gasteiger partial charge in [0.1, 0.15) is 5.75 Å². The lowest BCUT2D eigenvalue weighted by Crippen LogP contribution is -2.21. The van der Waals surface area contributed by atoms with Crippen LogP contribution in [0.1, 0.15) is 18.4 Å². The first-order chi connectivity index (χ1) is 10.9. The number of alkyl halides is 2. The highest BCUT2D eigenvalue weighted by Gasteiger charge is 2.29. The van der Waals surface area contributed by atoms with Crippen molar-refractivity contribution in [2.45, 2.75) is 19.5 Å². The van der Waals surface area contributed by atoms with E-state index in [1.165, 1.54) is 24.4 Å². The van der Waals surface area contributed by atoms with Crippen LogP contribution in [-0.2, 0) is 14.6 Å². The van der Waals surface area contributed by atoms with Crippen molar-refractivity contribution in [3.63, 3.8) is 0 Å². The molecule has 23 heavy (non-hydrogen) atoms. The summed E-state index contributed by atoms with van der Waals surface area (Å²) in [5, 5.41) is 3.69. The quantitative estimate of drug-likeness (QED) is 0.626. The first-order valence-electron chi connectivity index (χ1n) is 6.92. The summed E-state index contributed by atoms with van der Waals surface area (Å²) in [5.74, 6) is -0.565. The molecule has 9 heteroatoms. The Labute approximate surface area is 132 Å². The van der Waals surface area contributed by atoms with Gasteiger partial charge in [0.25, 0.3) is 0 Å². The predicted octanol–water partition coefficient (Wildman–Crippen LogP) is 1.56. The van der Waals surface area contributed by atoms with Crippen molar-refractivity contribution in [1.82, 2.24) is 5.43 Å². The number of benzene rings is 1. The Balaban J connectivity index is 1.88. The van der Waals surface area contributed by atoms with Crippen molar-refractivity contribution in [2.24, 2.45) is 11.0 Å². The highest BCUT2D eigenvalue weighted by Crippen LogP contribution is 2.21. The maximum absolute atomic E-state index is 12.3. The zero-order valence-corrected chi connectivity index (χ0v) is 12.9. The Hall–Kier alpha value is -2.03. The highest BCUT2D eigenvalue weighted by atomic mass is 32.2. The average Bonchev–Trinajstić information content (AvgIpc) is 2.79. The van der Waals surface area contributed by atoms with Crippen molar-refractivity contribution in [1.29, 1.82) is 0 Å². The molecule has 1 heterocycles. The molecule has 2 rings (SSSR count). The Kier molecular flexibility index (Phi) is 5.64. The summed E-state index contributed by atoms with van der Waals surface area (Å²) < 4.78 is 51.5. The number of hydrazone groups is 1. The van der Waals surface area contributed by atoms with Gasteiger partial charge in [-0.2, -0.15) is 13.9 Å². The molecule has 1 fully saturated rings. The number of nitrogens with one attached hydrogen (secondary N) is 1. The highest BCUT2D eigenvalue weighted by molar-refractivity contribution is 7.91.